The van der Waals surface area contributed by atoms with Gasteiger partial charge in [0.1, 0.15) is 23.4 Å². The number of nitrogens with one attached hydrogen (secondary N) is 2. The van der Waals surface area contributed by atoms with Crippen molar-refractivity contribution in [1.82, 2.24) is 15.5 Å². The van der Waals surface area contributed by atoms with Crippen LogP contribution in [0.4, 0.5) is 4.79 Å². The Kier molecular flexibility index (Phi) is 11.2. The third-order valence-corrected chi connectivity index (χ3v) is 7.26. The second-order valence-electron chi connectivity index (χ2n) is 12.0. The number of hydrogen-bond donors (Lipinski definition) is 3. The van der Waals surface area contributed by atoms with Crippen LogP contribution in [-0.2, 0) is 20.9 Å². The Morgan fingerprint density at radius 3 is 2.15 bits per heavy atom. The highest BCUT2D eigenvalue weighted by Gasteiger charge is 2.44. The summed E-state index contributed by atoms with van der Waals surface area (Å²) in [5.41, 5.74) is 0.576. The van der Waals surface area contributed by atoms with Crippen molar-refractivity contribution in [2.45, 2.75) is 105 Å². The highest BCUT2D eigenvalue weighted by molar-refractivity contribution is 5.93. The Labute approximate surface area is 239 Å². The number of ether oxygens (including phenoxy) is 1. The lowest BCUT2D eigenvalue weighted by Gasteiger charge is -2.45. The predicted octanol–water partition coefficient (Wildman–Crippen LogP) is 6.01. The summed E-state index contributed by atoms with van der Waals surface area (Å²) >= 11 is 0. The molecule has 2 rings (SSSR count). The molecule has 3 atom stereocenters. The standard InChI is InChI=1S/C32H47N3O5/c1-10-21(3)26(34-30(39)40-31(5,6)7)29(38)35(32(8,9)11-2)27(24-17-18-25(36)22(4)19-24)28(37)33-20-23-15-13-12-14-16-23/h12-19,21,26-27,36H,10-11,20H2,1-9H3,(H,33,37)(H,34,39). The Morgan fingerprint density at radius 2 is 1.62 bits per heavy atom. The van der Waals surface area contributed by atoms with E-state index >= 15 is 0 Å². The Hall–Kier alpha value is -3.55. The van der Waals surface area contributed by atoms with Gasteiger partial charge in [0, 0.05) is 12.1 Å². The van der Waals surface area contributed by atoms with Gasteiger partial charge >= 0.3 is 6.09 Å². The number of aryl methyl sites for hydroxylation is 1. The van der Waals surface area contributed by atoms with Crippen molar-refractivity contribution < 1.29 is 24.2 Å². The van der Waals surface area contributed by atoms with Gasteiger partial charge in [0.2, 0.25) is 11.8 Å². The van der Waals surface area contributed by atoms with Gasteiger partial charge in [-0.15, -0.1) is 0 Å². The summed E-state index contributed by atoms with van der Waals surface area (Å²) < 4.78 is 5.49. The summed E-state index contributed by atoms with van der Waals surface area (Å²) in [5, 5.41) is 16.0. The van der Waals surface area contributed by atoms with E-state index < -0.39 is 29.3 Å². The molecule has 3 amide bonds. The quantitative estimate of drug-likeness (QED) is 0.316. The number of carbonyl (C=O) groups is 3. The summed E-state index contributed by atoms with van der Waals surface area (Å²) in [6.45, 7) is 17.0. The molecular weight excluding hydrogens is 506 g/mol. The molecular formula is C32H47N3O5. The molecule has 0 spiro atoms. The van der Waals surface area contributed by atoms with E-state index in [-0.39, 0.29) is 30.0 Å². The first-order valence-corrected chi connectivity index (χ1v) is 14.0. The minimum atomic E-state index is -1.02. The third-order valence-electron chi connectivity index (χ3n) is 7.26. The molecule has 40 heavy (non-hydrogen) atoms. The lowest BCUT2D eigenvalue weighted by molar-refractivity contribution is -0.150. The summed E-state index contributed by atoms with van der Waals surface area (Å²) in [7, 11) is 0. The van der Waals surface area contributed by atoms with Crippen molar-refractivity contribution in [1.29, 1.82) is 0 Å². The van der Waals surface area contributed by atoms with Crippen LogP contribution in [0, 0.1) is 12.8 Å². The Balaban J connectivity index is 2.62. The van der Waals surface area contributed by atoms with Crippen molar-refractivity contribution >= 4 is 17.9 Å². The molecule has 0 aliphatic heterocycles. The minimum Gasteiger partial charge on any atom is -0.508 e. The van der Waals surface area contributed by atoms with Gasteiger partial charge in [0.25, 0.3) is 0 Å². The van der Waals surface area contributed by atoms with E-state index in [9.17, 15) is 19.5 Å². The first-order chi connectivity index (χ1) is 18.6. The lowest BCUT2D eigenvalue weighted by atomic mass is 9.89. The normalized spacial score (nSPS) is 14.0. The zero-order valence-corrected chi connectivity index (χ0v) is 25.5. The van der Waals surface area contributed by atoms with Crippen LogP contribution in [0.2, 0.25) is 0 Å². The molecule has 3 N–H and O–H groups in total. The first-order valence-electron chi connectivity index (χ1n) is 14.0. The summed E-state index contributed by atoms with van der Waals surface area (Å²) in [4.78, 5) is 43.0. The summed E-state index contributed by atoms with van der Waals surface area (Å²) in [5.74, 6) is -0.865. The van der Waals surface area contributed by atoms with E-state index in [0.717, 1.165) is 5.56 Å². The average molecular weight is 554 g/mol. The van der Waals surface area contributed by atoms with Crippen LogP contribution in [0.3, 0.4) is 0 Å². The van der Waals surface area contributed by atoms with E-state index in [1.807, 2.05) is 65.0 Å². The molecule has 220 valence electrons. The molecule has 0 aromatic heterocycles. The molecule has 2 aromatic carbocycles. The smallest absolute Gasteiger partial charge is 0.408 e. The van der Waals surface area contributed by atoms with Gasteiger partial charge in [-0.1, -0.05) is 63.6 Å². The van der Waals surface area contributed by atoms with Crippen molar-refractivity contribution in [2.24, 2.45) is 5.92 Å². The number of amides is 3. The van der Waals surface area contributed by atoms with Crippen LogP contribution in [-0.4, -0.2) is 45.1 Å². The molecule has 0 radical (unpaired) electrons. The number of phenols is 1. The van der Waals surface area contributed by atoms with Gasteiger partial charge in [0.05, 0.1) is 0 Å². The fraction of sp³-hybridized carbons (Fsp3) is 0.531. The first kappa shape index (κ1) is 32.7. The van der Waals surface area contributed by atoms with Gasteiger partial charge in [-0.3, -0.25) is 9.59 Å². The summed E-state index contributed by atoms with van der Waals surface area (Å²) in [6.07, 6.45) is 0.485. The Bertz CT molecular complexity index is 1160. The second-order valence-corrected chi connectivity index (χ2v) is 12.0. The molecule has 0 fully saturated rings. The summed E-state index contributed by atoms with van der Waals surface area (Å²) in [6, 6.07) is 12.5. The molecule has 0 saturated heterocycles. The number of benzene rings is 2. The van der Waals surface area contributed by atoms with Crippen LogP contribution < -0.4 is 10.6 Å². The van der Waals surface area contributed by atoms with Gasteiger partial charge in [-0.2, -0.15) is 0 Å². The fourth-order valence-corrected chi connectivity index (χ4v) is 4.36. The zero-order chi connectivity index (χ0) is 30.3. The number of phenolic OH excluding ortho intramolecular Hbond substituents is 1. The fourth-order valence-electron chi connectivity index (χ4n) is 4.36. The van der Waals surface area contributed by atoms with Crippen molar-refractivity contribution in [3.05, 3.63) is 65.2 Å². The van der Waals surface area contributed by atoms with Crippen molar-refractivity contribution in [3.8, 4) is 5.75 Å². The van der Waals surface area contributed by atoms with Gasteiger partial charge < -0.3 is 25.4 Å². The van der Waals surface area contributed by atoms with Crippen LogP contribution in [0.1, 0.15) is 91.0 Å². The maximum Gasteiger partial charge on any atom is 0.408 e. The Morgan fingerprint density at radius 1 is 1.00 bits per heavy atom. The van der Waals surface area contributed by atoms with Crippen LogP contribution in [0.15, 0.2) is 48.5 Å². The molecule has 2 aromatic rings. The number of nitrogens with zero attached hydrogens (tertiary/aromatic N) is 1. The maximum absolute atomic E-state index is 14.5. The molecule has 0 heterocycles. The number of carbonyl (C=O) groups excluding carboxylic acids is 3. The second kappa shape index (κ2) is 13.7. The minimum absolute atomic E-state index is 0.101. The van der Waals surface area contributed by atoms with Crippen LogP contribution in [0.25, 0.3) is 0 Å². The monoisotopic (exact) mass is 553 g/mol. The molecule has 0 aliphatic rings. The van der Waals surface area contributed by atoms with Crippen LogP contribution in [0.5, 0.6) is 5.75 Å². The molecule has 3 unspecified atom stereocenters. The van der Waals surface area contributed by atoms with Gasteiger partial charge in [0.15, 0.2) is 0 Å². The highest BCUT2D eigenvalue weighted by Crippen LogP contribution is 2.34. The zero-order valence-electron chi connectivity index (χ0n) is 25.5. The number of hydrogen-bond acceptors (Lipinski definition) is 5. The lowest BCUT2D eigenvalue weighted by Crippen LogP contribution is -2.60. The molecule has 0 aliphatic carbocycles. The van der Waals surface area contributed by atoms with Crippen LogP contribution >= 0.6 is 0 Å². The van der Waals surface area contributed by atoms with E-state index in [1.54, 1.807) is 44.7 Å². The van der Waals surface area contributed by atoms with E-state index in [0.29, 0.717) is 24.0 Å². The topological polar surface area (TPSA) is 108 Å². The predicted molar refractivity (Wildman–Crippen MR) is 158 cm³/mol. The third kappa shape index (κ3) is 8.73. The van der Waals surface area contributed by atoms with Crippen molar-refractivity contribution in [3.63, 3.8) is 0 Å². The highest BCUT2D eigenvalue weighted by atomic mass is 16.6. The SMILES string of the molecule is CCC(C)C(NC(=O)OC(C)(C)C)C(=O)N(C(C(=O)NCc1ccccc1)c1ccc(O)c(C)c1)C(C)(C)CC. The average Bonchev–Trinajstić information content (AvgIpc) is 2.89. The maximum atomic E-state index is 14.5. The molecule has 0 bridgehead atoms. The van der Waals surface area contributed by atoms with E-state index in [4.69, 9.17) is 4.74 Å². The van der Waals surface area contributed by atoms with Crippen molar-refractivity contribution in [2.75, 3.05) is 0 Å². The molecule has 8 nitrogen and oxygen atoms in total. The number of rotatable bonds is 11. The molecule has 0 saturated carbocycles. The number of alkyl carbamates (subject to hydrolysis) is 1. The number of aromatic hydroxyl groups is 1. The van der Waals surface area contributed by atoms with Gasteiger partial charge in [-0.25, -0.2) is 4.79 Å². The van der Waals surface area contributed by atoms with Gasteiger partial charge in [-0.05, 0) is 82.7 Å². The van der Waals surface area contributed by atoms with E-state index in [2.05, 4.69) is 10.6 Å². The largest absolute Gasteiger partial charge is 0.508 e. The van der Waals surface area contributed by atoms with E-state index in [1.165, 1.54) is 6.07 Å². The molecule has 8 heteroatoms.